The van der Waals surface area contributed by atoms with Crippen molar-refractivity contribution in [2.75, 3.05) is 11.4 Å². The molecule has 5 rings (SSSR count). The van der Waals surface area contributed by atoms with Gasteiger partial charge in [-0.15, -0.1) is 0 Å². The highest BCUT2D eigenvalue weighted by Gasteiger charge is 2.34. The zero-order chi connectivity index (χ0) is 22.8. The molecule has 3 aromatic heterocycles. The van der Waals surface area contributed by atoms with Crippen LogP contribution in [-0.2, 0) is 0 Å². The molecule has 0 amide bonds. The normalized spacial score (nSPS) is 21.0. The van der Waals surface area contributed by atoms with Gasteiger partial charge in [0.2, 0.25) is 0 Å². The summed E-state index contributed by atoms with van der Waals surface area (Å²) in [6.07, 6.45) is 9.83. The number of fused-ring (bicyclic) bond motifs is 1. The number of nitrogens with one attached hydrogen (secondary N) is 1. The molecule has 0 radical (unpaired) electrons. The zero-order valence-electron chi connectivity index (χ0n) is 17.9. The van der Waals surface area contributed by atoms with Gasteiger partial charge in [0.1, 0.15) is 17.2 Å². The summed E-state index contributed by atoms with van der Waals surface area (Å²) in [5.41, 5.74) is 5.75. The van der Waals surface area contributed by atoms with Gasteiger partial charge in [0.15, 0.2) is 5.65 Å². The highest BCUT2D eigenvalue weighted by atomic mass is 19.1. The first-order chi connectivity index (χ1) is 15.3. The van der Waals surface area contributed by atoms with Gasteiger partial charge in [0, 0.05) is 30.5 Å². The van der Waals surface area contributed by atoms with Crippen LogP contribution < -0.4 is 16.2 Å². The van der Waals surface area contributed by atoms with E-state index in [0.29, 0.717) is 30.4 Å². The topological polar surface area (TPSA) is 130 Å². The van der Waals surface area contributed by atoms with E-state index in [0.717, 1.165) is 6.20 Å². The summed E-state index contributed by atoms with van der Waals surface area (Å²) in [7, 11) is 0. The Labute approximate surface area is 184 Å². The number of halogens is 1. The van der Waals surface area contributed by atoms with Crippen molar-refractivity contribution in [3.05, 3.63) is 58.0 Å². The maximum atomic E-state index is 13.7. The van der Waals surface area contributed by atoms with Crippen LogP contribution in [0.15, 0.2) is 35.5 Å². The van der Waals surface area contributed by atoms with E-state index in [9.17, 15) is 19.1 Å². The van der Waals surface area contributed by atoms with Gasteiger partial charge in [0.25, 0.3) is 5.56 Å². The first kappa shape index (κ1) is 21.9. The number of carboxylic acid groups (broad SMARTS) is 1. The van der Waals surface area contributed by atoms with Gasteiger partial charge in [-0.1, -0.05) is 19.8 Å². The molecule has 2 aliphatic rings. The summed E-state index contributed by atoms with van der Waals surface area (Å²) in [5.74, 6) is -0.827. The summed E-state index contributed by atoms with van der Waals surface area (Å²) in [6.45, 7) is 2.67. The molecule has 0 bridgehead atoms. The predicted octanol–water partition coefficient (Wildman–Crippen LogP) is 2.73. The van der Waals surface area contributed by atoms with E-state index >= 15 is 0 Å². The molecule has 4 heterocycles. The molecule has 3 aromatic rings. The molecule has 9 nitrogen and oxygen atoms in total. The SMILES string of the molecule is CC1CC(c2cc(F)c[nH]c2=O)N(c2ccn3ncc(C(=O)O)c3n2)C1.NC1CCCC1. The molecule has 2 fully saturated rings. The van der Waals surface area contributed by atoms with E-state index < -0.39 is 11.8 Å². The lowest BCUT2D eigenvalue weighted by atomic mass is 10.0. The van der Waals surface area contributed by atoms with Gasteiger partial charge >= 0.3 is 5.97 Å². The predicted molar refractivity (Wildman–Crippen MR) is 117 cm³/mol. The Hall–Kier alpha value is -3.27. The number of H-pyrrole nitrogens is 1. The summed E-state index contributed by atoms with van der Waals surface area (Å²) in [6, 6.07) is 3.17. The van der Waals surface area contributed by atoms with Crippen molar-refractivity contribution in [1.82, 2.24) is 19.6 Å². The number of carbonyl (C=O) groups is 1. The van der Waals surface area contributed by atoms with E-state index in [2.05, 4.69) is 15.1 Å². The number of hydrogen-bond acceptors (Lipinski definition) is 6. The number of nitrogens with zero attached hydrogens (tertiary/aromatic N) is 4. The van der Waals surface area contributed by atoms with Gasteiger partial charge < -0.3 is 20.7 Å². The molecule has 2 atom stereocenters. The minimum absolute atomic E-state index is 0.000696. The zero-order valence-corrected chi connectivity index (χ0v) is 17.9. The smallest absolute Gasteiger partial charge is 0.341 e. The number of aromatic carboxylic acids is 1. The van der Waals surface area contributed by atoms with E-state index in [1.165, 1.54) is 42.5 Å². The van der Waals surface area contributed by atoms with E-state index in [4.69, 9.17) is 5.73 Å². The molecule has 10 heteroatoms. The van der Waals surface area contributed by atoms with Crippen molar-refractivity contribution in [2.45, 2.75) is 51.1 Å². The molecule has 0 aromatic carbocycles. The number of anilines is 1. The second kappa shape index (κ2) is 9.07. The van der Waals surface area contributed by atoms with Crippen molar-refractivity contribution in [3.8, 4) is 0 Å². The third kappa shape index (κ3) is 4.50. The molecule has 0 spiro atoms. The van der Waals surface area contributed by atoms with Crippen LogP contribution >= 0.6 is 0 Å². The van der Waals surface area contributed by atoms with Gasteiger partial charge in [-0.25, -0.2) is 18.7 Å². The highest BCUT2D eigenvalue weighted by molar-refractivity contribution is 5.94. The van der Waals surface area contributed by atoms with Crippen LogP contribution in [0, 0.1) is 11.7 Å². The number of rotatable bonds is 3. The molecule has 1 saturated heterocycles. The fourth-order valence-corrected chi connectivity index (χ4v) is 4.44. The lowest BCUT2D eigenvalue weighted by molar-refractivity contribution is 0.0698. The van der Waals surface area contributed by atoms with Crippen LogP contribution in [0.3, 0.4) is 0 Å². The first-order valence-corrected chi connectivity index (χ1v) is 10.8. The molecule has 170 valence electrons. The van der Waals surface area contributed by atoms with E-state index in [1.54, 1.807) is 12.3 Å². The Kier molecular flexibility index (Phi) is 6.22. The van der Waals surface area contributed by atoms with Gasteiger partial charge in [-0.3, -0.25) is 4.79 Å². The Bertz CT molecular complexity index is 1170. The van der Waals surface area contributed by atoms with Crippen LogP contribution in [0.1, 0.15) is 61.0 Å². The average Bonchev–Trinajstić information content (AvgIpc) is 3.49. The van der Waals surface area contributed by atoms with Crippen LogP contribution in [0.2, 0.25) is 0 Å². The number of aromatic amines is 1. The van der Waals surface area contributed by atoms with Crippen molar-refractivity contribution in [3.63, 3.8) is 0 Å². The Morgan fingerprint density at radius 2 is 2.09 bits per heavy atom. The summed E-state index contributed by atoms with van der Waals surface area (Å²) < 4.78 is 15.0. The van der Waals surface area contributed by atoms with E-state index in [1.807, 2.05) is 11.8 Å². The van der Waals surface area contributed by atoms with Crippen LogP contribution in [0.25, 0.3) is 5.65 Å². The number of pyridine rings is 1. The lowest BCUT2D eigenvalue weighted by Gasteiger charge is -2.25. The molecule has 1 saturated carbocycles. The molecule has 4 N–H and O–H groups in total. The fraction of sp³-hybridized carbons (Fsp3) is 0.455. The third-order valence-corrected chi connectivity index (χ3v) is 6.04. The minimum atomic E-state index is -1.11. The van der Waals surface area contributed by atoms with Crippen LogP contribution in [0.4, 0.5) is 10.2 Å². The molecular formula is C22H27FN6O3. The van der Waals surface area contributed by atoms with Crippen molar-refractivity contribution < 1.29 is 14.3 Å². The maximum absolute atomic E-state index is 13.7. The molecule has 2 unspecified atom stereocenters. The van der Waals surface area contributed by atoms with Crippen molar-refractivity contribution in [1.29, 1.82) is 0 Å². The second-order valence-corrected chi connectivity index (χ2v) is 8.57. The number of carboxylic acids is 1. The average molecular weight is 442 g/mol. The summed E-state index contributed by atoms with van der Waals surface area (Å²) >= 11 is 0. The van der Waals surface area contributed by atoms with E-state index in [-0.39, 0.29) is 28.7 Å². The fourth-order valence-electron chi connectivity index (χ4n) is 4.44. The second-order valence-electron chi connectivity index (χ2n) is 8.57. The highest BCUT2D eigenvalue weighted by Crippen LogP contribution is 2.37. The molecule has 32 heavy (non-hydrogen) atoms. The molecule has 1 aliphatic carbocycles. The quantitative estimate of drug-likeness (QED) is 0.569. The number of aromatic nitrogens is 4. The summed E-state index contributed by atoms with van der Waals surface area (Å²) in [4.78, 5) is 32.3. The Balaban J connectivity index is 0.000000354. The molecular weight excluding hydrogens is 415 g/mol. The Morgan fingerprint density at radius 3 is 2.75 bits per heavy atom. The van der Waals surface area contributed by atoms with Crippen LogP contribution in [-0.4, -0.2) is 43.2 Å². The standard InChI is InChI=1S/C17H16FN5O3.C5H11N/c1-9-4-13(11-5-10(18)6-19-16(11)24)22(8-9)14-2-3-23-15(21-14)12(7-20-23)17(25)26;6-5-3-1-2-4-5/h2-3,5-7,9,13H,4,8H2,1H3,(H,19,24)(H,25,26);5H,1-4,6H2. The first-order valence-electron chi connectivity index (χ1n) is 10.8. The summed E-state index contributed by atoms with van der Waals surface area (Å²) in [5, 5.41) is 13.2. The van der Waals surface area contributed by atoms with Gasteiger partial charge in [0.05, 0.1) is 12.2 Å². The number of hydrogen-bond donors (Lipinski definition) is 3. The lowest BCUT2D eigenvalue weighted by Crippen LogP contribution is -2.29. The van der Waals surface area contributed by atoms with Crippen molar-refractivity contribution in [2.24, 2.45) is 11.7 Å². The van der Waals surface area contributed by atoms with Gasteiger partial charge in [-0.2, -0.15) is 5.10 Å². The molecule has 1 aliphatic heterocycles. The van der Waals surface area contributed by atoms with Crippen molar-refractivity contribution >= 4 is 17.4 Å². The number of nitrogens with two attached hydrogens (primary N) is 1. The third-order valence-electron chi connectivity index (χ3n) is 6.04. The monoisotopic (exact) mass is 442 g/mol. The van der Waals surface area contributed by atoms with Crippen LogP contribution in [0.5, 0.6) is 0 Å². The minimum Gasteiger partial charge on any atom is -0.477 e. The Morgan fingerprint density at radius 1 is 1.34 bits per heavy atom. The van der Waals surface area contributed by atoms with Gasteiger partial charge in [-0.05, 0) is 37.3 Å². The largest absolute Gasteiger partial charge is 0.477 e. The maximum Gasteiger partial charge on any atom is 0.341 e.